The number of nitrogens with zero attached hydrogens (tertiary/aromatic N) is 2. The molecule has 3 saturated heterocycles. The second-order valence-electron chi connectivity index (χ2n) is 10.3. The van der Waals surface area contributed by atoms with Crippen LogP contribution in [0.2, 0.25) is 0 Å². The standard InChI is InChI=1S/C34H34N2/c1-4-12-26(13-5-1)24-30-18-10-11-19-31(30)25-35-33-29-20-22-36(23-21-29)34(33)32(27-14-6-2-7-15-27)28-16-8-3-9-17-28/h1-19,25,29,32-34H,20-24H2/b35-25-. The molecule has 0 spiro atoms. The summed E-state index contributed by atoms with van der Waals surface area (Å²) in [7, 11) is 0. The number of fused-ring (bicyclic) bond motifs is 3. The minimum atomic E-state index is 0.294. The van der Waals surface area contributed by atoms with E-state index < -0.39 is 0 Å². The molecule has 3 aliphatic heterocycles. The third-order valence-corrected chi connectivity index (χ3v) is 8.17. The monoisotopic (exact) mass is 470 g/mol. The molecule has 7 rings (SSSR count). The maximum absolute atomic E-state index is 5.43. The molecule has 2 bridgehead atoms. The van der Waals surface area contributed by atoms with Crippen LogP contribution in [0.1, 0.15) is 46.6 Å². The Morgan fingerprint density at radius 2 is 1.25 bits per heavy atom. The molecule has 2 atom stereocenters. The summed E-state index contributed by atoms with van der Waals surface area (Å²) >= 11 is 0. The SMILES string of the molecule is C(=N/C1C2CCN(CC2)C1C(c1ccccc1)c1ccccc1)/c1ccccc1Cc1ccccc1. The summed E-state index contributed by atoms with van der Waals surface area (Å²) in [5.74, 6) is 0.963. The lowest BCUT2D eigenvalue weighted by Crippen LogP contribution is -2.59. The van der Waals surface area contributed by atoms with Crippen molar-refractivity contribution in [3.63, 3.8) is 0 Å². The first kappa shape index (κ1) is 22.9. The Balaban J connectivity index is 1.36. The first-order chi connectivity index (χ1) is 17.9. The fraction of sp³-hybridized carbons (Fsp3) is 0.265. The lowest BCUT2D eigenvalue weighted by atomic mass is 9.71. The molecule has 0 N–H and O–H groups in total. The van der Waals surface area contributed by atoms with Gasteiger partial charge >= 0.3 is 0 Å². The topological polar surface area (TPSA) is 15.6 Å². The van der Waals surface area contributed by atoms with Crippen molar-refractivity contribution in [3.8, 4) is 0 Å². The van der Waals surface area contributed by atoms with Gasteiger partial charge in [-0.3, -0.25) is 9.89 Å². The molecule has 0 radical (unpaired) electrons. The maximum atomic E-state index is 5.43. The second kappa shape index (κ2) is 10.6. The predicted molar refractivity (Wildman–Crippen MR) is 150 cm³/mol. The number of hydrogen-bond acceptors (Lipinski definition) is 2. The number of rotatable bonds is 7. The van der Waals surface area contributed by atoms with E-state index in [-0.39, 0.29) is 0 Å². The molecular weight excluding hydrogens is 436 g/mol. The lowest BCUT2D eigenvalue weighted by molar-refractivity contribution is 0.0215. The van der Waals surface area contributed by atoms with Crippen molar-refractivity contribution in [1.82, 2.24) is 4.90 Å². The van der Waals surface area contributed by atoms with E-state index in [1.807, 2.05) is 0 Å². The van der Waals surface area contributed by atoms with E-state index in [9.17, 15) is 0 Å². The van der Waals surface area contributed by atoms with Crippen molar-refractivity contribution in [1.29, 1.82) is 0 Å². The van der Waals surface area contributed by atoms with Crippen LogP contribution in [0.15, 0.2) is 120 Å². The van der Waals surface area contributed by atoms with E-state index in [1.54, 1.807) is 0 Å². The highest BCUT2D eigenvalue weighted by Gasteiger charge is 2.46. The third kappa shape index (κ3) is 4.79. The van der Waals surface area contributed by atoms with Gasteiger partial charge in [0.2, 0.25) is 0 Å². The number of hydrogen-bond donors (Lipinski definition) is 0. The van der Waals surface area contributed by atoms with Crippen LogP contribution in [0, 0.1) is 5.92 Å². The largest absolute Gasteiger partial charge is 0.297 e. The summed E-state index contributed by atoms with van der Waals surface area (Å²) in [4.78, 5) is 8.15. The van der Waals surface area contributed by atoms with E-state index in [0.717, 1.165) is 6.42 Å². The van der Waals surface area contributed by atoms with Crippen molar-refractivity contribution < 1.29 is 0 Å². The fourth-order valence-electron chi connectivity index (χ4n) is 6.38. The molecule has 3 fully saturated rings. The Bertz CT molecular complexity index is 1240. The average Bonchev–Trinajstić information content (AvgIpc) is 2.95. The molecule has 2 heteroatoms. The van der Waals surface area contributed by atoms with E-state index >= 15 is 0 Å². The van der Waals surface area contributed by atoms with Gasteiger partial charge in [-0.15, -0.1) is 0 Å². The predicted octanol–water partition coefficient (Wildman–Crippen LogP) is 6.99. The summed E-state index contributed by atoms with van der Waals surface area (Å²) in [6.45, 7) is 2.37. The molecule has 0 amide bonds. The Kier molecular flexibility index (Phi) is 6.78. The lowest BCUT2D eigenvalue weighted by Gasteiger charge is -2.52. The minimum Gasteiger partial charge on any atom is -0.297 e. The molecule has 0 aromatic heterocycles. The molecule has 2 nitrogen and oxygen atoms in total. The van der Waals surface area contributed by atoms with Crippen LogP contribution in [0.5, 0.6) is 0 Å². The number of piperidine rings is 3. The third-order valence-electron chi connectivity index (χ3n) is 8.17. The van der Waals surface area contributed by atoms with E-state index in [2.05, 4.69) is 126 Å². The van der Waals surface area contributed by atoms with Crippen LogP contribution in [0.25, 0.3) is 0 Å². The quantitative estimate of drug-likeness (QED) is 0.266. The summed E-state index contributed by atoms with van der Waals surface area (Å²) < 4.78 is 0. The first-order valence-corrected chi connectivity index (χ1v) is 13.4. The number of aliphatic imine (C=N–C) groups is 1. The van der Waals surface area contributed by atoms with Crippen molar-refractivity contribution >= 4 is 6.21 Å². The van der Waals surface area contributed by atoms with Gasteiger partial charge in [-0.2, -0.15) is 0 Å². The normalized spacial score (nSPS) is 23.4. The summed E-state index contributed by atoms with van der Waals surface area (Å²) in [5.41, 5.74) is 6.71. The zero-order valence-electron chi connectivity index (χ0n) is 20.8. The van der Waals surface area contributed by atoms with Gasteiger partial charge in [0.15, 0.2) is 0 Å². The molecule has 0 saturated carbocycles. The Labute approximate surface area is 215 Å². The van der Waals surface area contributed by atoms with Crippen molar-refractivity contribution in [2.45, 2.75) is 37.3 Å². The van der Waals surface area contributed by atoms with Gasteiger partial charge < -0.3 is 0 Å². The first-order valence-electron chi connectivity index (χ1n) is 13.4. The van der Waals surface area contributed by atoms with Crippen molar-refractivity contribution in [2.75, 3.05) is 13.1 Å². The maximum Gasteiger partial charge on any atom is 0.0693 e. The zero-order chi connectivity index (χ0) is 24.2. The van der Waals surface area contributed by atoms with Gasteiger partial charge in [-0.05, 0) is 66.1 Å². The molecule has 4 aromatic rings. The number of benzene rings is 4. The van der Waals surface area contributed by atoms with Crippen molar-refractivity contribution in [2.24, 2.45) is 10.9 Å². The molecule has 180 valence electrons. The Morgan fingerprint density at radius 3 is 1.89 bits per heavy atom. The molecule has 0 aliphatic carbocycles. The zero-order valence-corrected chi connectivity index (χ0v) is 20.8. The van der Waals surface area contributed by atoms with Crippen LogP contribution in [0.3, 0.4) is 0 Å². The summed E-state index contributed by atoms with van der Waals surface area (Å²) in [6.07, 6.45) is 5.62. The van der Waals surface area contributed by atoms with Gasteiger partial charge in [-0.25, -0.2) is 0 Å². The van der Waals surface area contributed by atoms with E-state index in [0.29, 0.717) is 23.9 Å². The van der Waals surface area contributed by atoms with E-state index in [1.165, 1.54) is 53.7 Å². The fourth-order valence-corrected chi connectivity index (χ4v) is 6.38. The molecular formula is C34H34N2. The van der Waals surface area contributed by atoms with Gasteiger partial charge in [0, 0.05) is 18.2 Å². The molecule has 3 heterocycles. The Hall–Kier alpha value is -3.49. The van der Waals surface area contributed by atoms with Gasteiger partial charge in [0.1, 0.15) is 0 Å². The smallest absolute Gasteiger partial charge is 0.0693 e. The highest BCUT2D eigenvalue weighted by Crippen LogP contribution is 2.43. The van der Waals surface area contributed by atoms with Gasteiger partial charge in [0.25, 0.3) is 0 Å². The van der Waals surface area contributed by atoms with Gasteiger partial charge in [0.05, 0.1) is 6.04 Å². The van der Waals surface area contributed by atoms with Crippen LogP contribution >= 0.6 is 0 Å². The highest BCUT2D eigenvalue weighted by molar-refractivity contribution is 5.82. The summed E-state index contributed by atoms with van der Waals surface area (Å²) in [5, 5.41) is 0. The molecule has 2 unspecified atom stereocenters. The highest BCUT2D eigenvalue weighted by atomic mass is 15.2. The van der Waals surface area contributed by atoms with Crippen LogP contribution in [-0.4, -0.2) is 36.3 Å². The van der Waals surface area contributed by atoms with Crippen molar-refractivity contribution in [3.05, 3.63) is 143 Å². The summed E-state index contributed by atoms with van der Waals surface area (Å²) in [6, 6.07) is 42.4. The minimum absolute atomic E-state index is 0.294. The molecule has 36 heavy (non-hydrogen) atoms. The average molecular weight is 471 g/mol. The molecule has 3 aliphatic rings. The van der Waals surface area contributed by atoms with E-state index in [4.69, 9.17) is 4.99 Å². The molecule has 4 aromatic carbocycles. The van der Waals surface area contributed by atoms with Gasteiger partial charge in [-0.1, -0.05) is 115 Å². The second-order valence-corrected chi connectivity index (χ2v) is 10.3. The van der Waals surface area contributed by atoms with Crippen LogP contribution in [0.4, 0.5) is 0 Å². The van der Waals surface area contributed by atoms with Crippen LogP contribution < -0.4 is 0 Å². The van der Waals surface area contributed by atoms with Crippen LogP contribution in [-0.2, 0) is 6.42 Å². The Morgan fingerprint density at radius 1 is 0.694 bits per heavy atom.